The summed E-state index contributed by atoms with van der Waals surface area (Å²) in [7, 11) is 0. The smallest absolute Gasteiger partial charge is 0.211 e. The molecule has 0 saturated heterocycles. The van der Waals surface area contributed by atoms with Crippen LogP contribution in [0.2, 0.25) is 0 Å². The van der Waals surface area contributed by atoms with Gasteiger partial charge in [-0.05, 0) is 112 Å². The third-order valence-corrected chi connectivity index (χ3v) is 8.09. The second-order valence-electron chi connectivity index (χ2n) is 11.0. The highest BCUT2D eigenvalue weighted by atomic mass is 16.5. The summed E-state index contributed by atoms with van der Waals surface area (Å²) in [6.07, 6.45) is 4.12. The molecule has 0 bridgehead atoms. The van der Waals surface area contributed by atoms with Crippen LogP contribution in [0.25, 0.3) is 0 Å². The molecule has 3 atom stereocenters. The molecule has 0 aromatic heterocycles. The predicted molar refractivity (Wildman–Crippen MR) is 140 cm³/mol. The lowest BCUT2D eigenvalue weighted by atomic mass is 9.76. The first-order valence-electron chi connectivity index (χ1n) is 12.7. The summed E-state index contributed by atoms with van der Waals surface area (Å²) in [5, 5.41) is 0. The van der Waals surface area contributed by atoms with Gasteiger partial charge in [-0.15, -0.1) is 0 Å². The molecular weight excluding hydrogens is 404 g/mol. The highest BCUT2D eigenvalue weighted by molar-refractivity contribution is 5.80. The maximum Gasteiger partial charge on any atom is 0.211 e. The molecule has 1 fully saturated rings. The molecule has 3 nitrogen and oxygen atoms in total. The Morgan fingerprint density at radius 2 is 1.48 bits per heavy atom. The van der Waals surface area contributed by atoms with Gasteiger partial charge in [0.15, 0.2) is 0 Å². The van der Waals surface area contributed by atoms with Crippen LogP contribution in [0.3, 0.4) is 0 Å². The van der Waals surface area contributed by atoms with Crippen molar-refractivity contribution in [2.75, 3.05) is 16.5 Å². The van der Waals surface area contributed by atoms with E-state index in [0.29, 0.717) is 18.8 Å². The quantitative estimate of drug-likeness (QED) is 0.457. The molecule has 1 aliphatic carbocycles. The van der Waals surface area contributed by atoms with Crippen LogP contribution >= 0.6 is 0 Å². The lowest BCUT2D eigenvalue weighted by Gasteiger charge is -2.37. The van der Waals surface area contributed by atoms with Crippen LogP contribution in [-0.2, 0) is 11.3 Å². The van der Waals surface area contributed by atoms with Gasteiger partial charge < -0.3 is 14.5 Å². The van der Waals surface area contributed by atoms with Gasteiger partial charge in [0.25, 0.3) is 0 Å². The lowest BCUT2D eigenvalue weighted by Crippen LogP contribution is -2.36. The molecule has 1 aliphatic heterocycles. The fourth-order valence-electron chi connectivity index (χ4n) is 5.63. The number of aryl methyl sites for hydroxylation is 5. The molecule has 0 unspecified atom stereocenters. The molecule has 4 rings (SSSR count). The second-order valence-corrected chi connectivity index (χ2v) is 11.0. The summed E-state index contributed by atoms with van der Waals surface area (Å²) < 4.78 is 6.59. The summed E-state index contributed by atoms with van der Waals surface area (Å²) in [4.78, 5) is 4.49. The Morgan fingerprint density at radius 3 is 2.09 bits per heavy atom. The molecule has 2 aromatic carbocycles. The molecule has 2 aromatic rings. The Bertz CT molecular complexity index is 972. The molecule has 0 amide bonds. The highest BCUT2D eigenvalue weighted by Gasteiger charge is 2.33. The van der Waals surface area contributed by atoms with Gasteiger partial charge in [-0.25, -0.2) is 0 Å². The zero-order valence-electron chi connectivity index (χ0n) is 22.0. The maximum absolute atomic E-state index is 6.59. The molecule has 33 heavy (non-hydrogen) atoms. The van der Waals surface area contributed by atoms with Crippen molar-refractivity contribution in [3.05, 3.63) is 64.3 Å². The SMILES string of the molecule is Cc1cc(C)c(CN2[C]N(CO[C@H]3C[C@H](C(C)C)CC[C@@H]3C)c3cc(C)c(C)cc32)c(C)c1. The van der Waals surface area contributed by atoms with E-state index in [4.69, 9.17) is 4.74 Å². The van der Waals surface area contributed by atoms with Crippen molar-refractivity contribution < 1.29 is 4.74 Å². The van der Waals surface area contributed by atoms with E-state index in [-0.39, 0.29) is 0 Å². The number of ether oxygens (including phenoxy) is 1. The average molecular weight is 447 g/mol. The van der Waals surface area contributed by atoms with E-state index in [0.717, 1.165) is 18.4 Å². The van der Waals surface area contributed by atoms with E-state index in [9.17, 15) is 0 Å². The summed E-state index contributed by atoms with van der Waals surface area (Å²) in [5.41, 5.74) is 10.5. The Hall–Kier alpha value is -2.00. The summed E-state index contributed by atoms with van der Waals surface area (Å²) in [5.74, 6) is 2.13. The third kappa shape index (κ3) is 5.09. The van der Waals surface area contributed by atoms with E-state index >= 15 is 0 Å². The van der Waals surface area contributed by atoms with Gasteiger partial charge in [0.2, 0.25) is 6.67 Å². The van der Waals surface area contributed by atoms with Crippen molar-refractivity contribution in [3.8, 4) is 0 Å². The number of fused-ring (bicyclic) bond motifs is 1. The Morgan fingerprint density at radius 1 is 0.879 bits per heavy atom. The number of hydrogen-bond acceptors (Lipinski definition) is 3. The van der Waals surface area contributed by atoms with Gasteiger partial charge in [0.05, 0.1) is 17.5 Å². The summed E-state index contributed by atoms with van der Waals surface area (Å²) in [6.45, 7) is 23.1. The van der Waals surface area contributed by atoms with Gasteiger partial charge in [-0.3, -0.25) is 0 Å². The second kappa shape index (κ2) is 9.70. The van der Waals surface area contributed by atoms with Gasteiger partial charge in [-0.2, -0.15) is 0 Å². The fraction of sp³-hybridized carbons (Fsp3) is 0.567. The third-order valence-electron chi connectivity index (χ3n) is 8.09. The van der Waals surface area contributed by atoms with E-state index in [2.05, 4.69) is 96.1 Å². The van der Waals surface area contributed by atoms with Crippen LogP contribution in [0.5, 0.6) is 0 Å². The molecule has 0 spiro atoms. The largest absolute Gasteiger partial charge is 0.358 e. The van der Waals surface area contributed by atoms with Crippen LogP contribution in [-0.4, -0.2) is 12.8 Å². The number of anilines is 2. The van der Waals surface area contributed by atoms with Gasteiger partial charge in [0.1, 0.15) is 6.73 Å². The first kappa shape index (κ1) is 24.1. The van der Waals surface area contributed by atoms with E-state index in [1.165, 1.54) is 64.0 Å². The van der Waals surface area contributed by atoms with Crippen LogP contribution in [0, 0.1) is 59.0 Å². The van der Waals surface area contributed by atoms with Gasteiger partial charge in [-0.1, -0.05) is 38.5 Å². The Labute approximate surface area is 202 Å². The number of hydrogen-bond donors (Lipinski definition) is 0. The van der Waals surface area contributed by atoms with Crippen LogP contribution < -0.4 is 9.80 Å². The average Bonchev–Trinajstić information content (AvgIpc) is 3.06. The van der Waals surface area contributed by atoms with Crippen molar-refractivity contribution in [3.63, 3.8) is 0 Å². The molecule has 1 heterocycles. The van der Waals surface area contributed by atoms with Gasteiger partial charge >= 0.3 is 0 Å². The first-order valence-corrected chi connectivity index (χ1v) is 12.7. The topological polar surface area (TPSA) is 15.7 Å². The maximum atomic E-state index is 6.59. The van der Waals surface area contributed by atoms with Crippen molar-refractivity contribution >= 4 is 11.4 Å². The van der Waals surface area contributed by atoms with Crippen molar-refractivity contribution in [1.29, 1.82) is 0 Å². The van der Waals surface area contributed by atoms with Crippen molar-refractivity contribution in [2.24, 2.45) is 17.8 Å². The molecule has 2 aliphatic rings. The van der Waals surface area contributed by atoms with E-state index < -0.39 is 0 Å². The molecule has 3 heteroatoms. The highest BCUT2D eigenvalue weighted by Crippen LogP contribution is 2.42. The minimum absolute atomic E-state index is 0.332. The molecule has 178 valence electrons. The predicted octanol–water partition coefficient (Wildman–Crippen LogP) is 7.49. The van der Waals surface area contributed by atoms with Crippen LogP contribution in [0.4, 0.5) is 11.4 Å². The zero-order chi connectivity index (χ0) is 23.9. The lowest BCUT2D eigenvalue weighted by molar-refractivity contribution is -0.0250. The number of rotatable bonds is 6. The summed E-state index contributed by atoms with van der Waals surface area (Å²) in [6, 6.07) is 9.19. The van der Waals surface area contributed by atoms with Crippen molar-refractivity contribution in [1.82, 2.24) is 0 Å². The first-order chi connectivity index (χ1) is 15.6. The standard InChI is InChI=1S/C30H42N2O/c1-19(2)26-10-9-21(4)30(15-26)33-18-32-17-31(28-13-22(5)23(6)14-29(28)32)16-27-24(7)11-20(3)12-25(27)8/h11-14,19,21,26,30H,9-10,15-16,18H2,1-8H3/t21-,26+,30-/m0/s1. The molecular formula is C30H42N2O. The van der Waals surface area contributed by atoms with Crippen LogP contribution in [0.15, 0.2) is 24.3 Å². The Balaban J connectivity index is 1.54. The normalized spacial score (nSPS) is 22.9. The minimum atomic E-state index is 0.332. The van der Waals surface area contributed by atoms with Gasteiger partial charge in [0, 0.05) is 6.54 Å². The van der Waals surface area contributed by atoms with E-state index in [1.54, 1.807) is 0 Å². The molecule has 1 saturated carbocycles. The monoisotopic (exact) mass is 446 g/mol. The van der Waals surface area contributed by atoms with Crippen molar-refractivity contribution in [2.45, 2.75) is 87.3 Å². The van der Waals surface area contributed by atoms with E-state index in [1.807, 2.05) is 0 Å². The number of benzene rings is 2. The molecule has 2 radical (unpaired) electrons. The summed E-state index contributed by atoms with van der Waals surface area (Å²) >= 11 is 0. The Kier molecular flexibility index (Phi) is 7.09. The molecule has 0 N–H and O–H groups in total. The zero-order valence-corrected chi connectivity index (χ0v) is 22.0. The fourth-order valence-corrected chi connectivity index (χ4v) is 5.63. The number of nitrogens with zero attached hydrogens (tertiary/aromatic N) is 2. The minimum Gasteiger partial charge on any atom is -0.358 e. The van der Waals surface area contributed by atoms with Crippen LogP contribution in [0.1, 0.15) is 73.4 Å².